The number of nitrogens with two attached hydrogens (primary N) is 1. The number of aliphatic hydroxyl groups is 16. The summed E-state index contributed by atoms with van der Waals surface area (Å²) in [6, 6.07) is -1.01. The minimum absolute atomic E-state index is 0.00676. The van der Waals surface area contributed by atoms with Crippen molar-refractivity contribution in [2.75, 3.05) is 13.2 Å². The Hall–Kier alpha value is -6.02. The number of amides is 2. The summed E-state index contributed by atoms with van der Waals surface area (Å²) in [4.78, 5) is 47.8. The lowest BCUT2D eigenvalue weighted by Gasteiger charge is -2.40. The normalized spacial score (nSPS) is 23.2. The number of allylic oxidation sites excluding steroid dienone is 19. The summed E-state index contributed by atoms with van der Waals surface area (Å²) in [7, 11) is 0. The van der Waals surface area contributed by atoms with Crippen molar-refractivity contribution in [3.63, 3.8) is 0 Å². The number of carbonyl (C=O) groups excluding carboxylic acids is 4. The molecular formula is C75H119N3O22. The SMILES string of the molecule is C/C=C/C=C/C=C/C=C/C=C/C(O)C(C)C(O)C(C)/C=C/CC/C=C/C=C/C=C/C=C/C(=O)NC1=C(O)CCC1=O.CCC(OC1OC(C)C(O)C(O)C1O)C(C)C(=O)CC(O)CC(O)CC(O)/C=C/CC(O)CC(O)CC(O)CC(O)/C=C/CC(O)CC(O)CCCNC(=O)C(N)CO. The molecule has 0 radical (unpaired) electrons. The molecule has 0 bridgehead atoms. The second kappa shape index (κ2) is 53.7. The van der Waals surface area contributed by atoms with E-state index in [4.69, 9.17) is 20.3 Å². The Morgan fingerprint density at radius 2 is 1.14 bits per heavy atom. The van der Waals surface area contributed by atoms with E-state index in [2.05, 4.69) is 10.6 Å². The molecule has 2 amide bonds. The van der Waals surface area contributed by atoms with Crippen LogP contribution in [0.3, 0.4) is 0 Å². The standard InChI is InChI=1S/C40H74N2O17.C35H45NO5/c1-4-35(59-40-38(56)37(55)36(54)23(3)58-40)22(2)34(53)20-32(52)19-31(51)17-27(47)11-6-10-26(46)16-30(50)18-29(49)15-25(45)9-5-8-24(44)14-28(48)12-7-13-42-39(57)33(41)21-43;1-4-5-6-7-8-11-15-18-21-24-30(37)29(3)35(41)28(2)23-20-17-14-12-9-10-13-16-19-22-25-33(40)36-34-31(38)26-27-32(34)39/h5-6,9,11,22-33,35-38,40,43-52,54-56H,4,7-8,10,12-21,41H2,1-3H3,(H,42,57);4-13,15-16,18-25,28-30,35,37-38,41H,14,17,26-27H2,1-3H3,(H,36,40)/b9-5+,11-6+;5-4+,7-6+,11-8+,12-9+,13-10+,18-15+,19-16+,23-20+,24-21+,25-22+. The van der Waals surface area contributed by atoms with Crippen LogP contribution in [-0.4, -0.2) is 228 Å². The lowest BCUT2D eigenvalue weighted by Crippen LogP contribution is -2.58. The van der Waals surface area contributed by atoms with E-state index in [-0.39, 0.29) is 112 Å². The van der Waals surface area contributed by atoms with Crippen molar-refractivity contribution >= 4 is 23.4 Å². The van der Waals surface area contributed by atoms with Gasteiger partial charge in [0.15, 0.2) is 12.1 Å². The Morgan fingerprint density at radius 1 is 0.620 bits per heavy atom. The maximum absolute atomic E-state index is 12.9. The van der Waals surface area contributed by atoms with Gasteiger partial charge in [-0.3, -0.25) is 19.2 Å². The monoisotopic (exact) mass is 1410 g/mol. The summed E-state index contributed by atoms with van der Waals surface area (Å²) in [5.74, 6) is -2.80. The maximum atomic E-state index is 12.9. The van der Waals surface area contributed by atoms with Crippen LogP contribution in [0.25, 0.3) is 0 Å². The molecule has 0 aromatic rings. The molecule has 0 aromatic carbocycles. The van der Waals surface area contributed by atoms with Gasteiger partial charge < -0.3 is 108 Å². The number of hydrogen-bond acceptors (Lipinski definition) is 23. The van der Waals surface area contributed by atoms with Gasteiger partial charge in [0.2, 0.25) is 11.8 Å². The van der Waals surface area contributed by atoms with Gasteiger partial charge in [0, 0.05) is 62.5 Å². The molecule has 1 heterocycles. The van der Waals surface area contributed by atoms with Crippen molar-refractivity contribution in [2.24, 2.45) is 23.5 Å². The van der Waals surface area contributed by atoms with E-state index in [0.717, 1.165) is 12.8 Å². The van der Waals surface area contributed by atoms with Crippen LogP contribution in [0.5, 0.6) is 0 Å². The first kappa shape index (κ1) is 92.0. The minimum atomic E-state index is -1.54. The molecule has 566 valence electrons. The smallest absolute Gasteiger partial charge is 0.248 e. The van der Waals surface area contributed by atoms with Crippen LogP contribution >= 0.6 is 0 Å². The summed E-state index contributed by atoms with van der Waals surface area (Å²) >= 11 is 0. The zero-order chi connectivity index (χ0) is 75.1. The minimum Gasteiger partial charge on any atom is -0.510 e. The van der Waals surface area contributed by atoms with Crippen LogP contribution in [0.2, 0.25) is 0 Å². The Labute approximate surface area is 590 Å². The number of ether oxygens (including phenoxy) is 2. The predicted octanol–water partition coefficient (Wildman–Crippen LogP) is 3.49. The van der Waals surface area contributed by atoms with Crippen LogP contribution in [0.4, 0.5) is 0 Å². The zero-order valence-electron chi connectivity index (χ0n) is 58.9. The van der Waals surface area contributed by atoms with E-state index < -0.39 is 134 Å². The molecule has 1 fully saturated rings. The maximum Gasteiger partial charge on any atom is 0.248 e. The fourth-order valence-electron chi connectivity index (χ4n) is 10.4. The lowest BCUT2D eigenvalue weighted by molar-refractivity contribution is -0.306. The fourth-order valence-corrected chi connectivity index (χ4v) is 10.4. The highest BCUT2D eigenvalue weighted by atomic mass is 16.7. The van der Waals surface area contributed by atoms with Crippen molar-refractivity contribution in [2.45, 2.75) is 254 Å². The van der Waals surface area contributed by atoms with Crippen LogP contribution in [0.1, 0.15) is 144 Å². The summed E-state index contributed by atoms with van der Waals surface area (Å²) in [6.07, 6.45) is 26.8. The Morgan fingerprint density at radius 3 is 1.70 bits per heavy atom. The van der Waals surface area contributed by atoms with Gasteiger partial charge in [-0.1, -0.05) is 167 Å². The number of hydrogen-bond donors (Lipinski definition) is 19. The highest BCUT2D eigenvalue weighted by molar-refractivity contribution is 6.03. The molecule has 25 nitrogen and oxygen atoms in total. The molecule has 20 N–H and O–H groups in total. The first-order chi connectivity index (χ1) is 47.4. The van der Waals surface area contributed by atoms with Gasteiger partial charge in [0.05, 0.1) is 86.0 Å². The molecule has 2 aliphatic rings. The van der Waals surface area contributed by atoms with Gasteiger partial charge in [-0.2, -0.15) is 0 Å². The molecule has 2 rings (SSSR count). The molecule has 21 unspecified atom stereocenters. The summed E-state index contributed by atoms with van der Waals surface area (Å²) < 4.78 is 11.2. The largest absolute Gasteiger partial charge is 0.510 e. The Balaban J connectivity index is 0.00000107. The molecular weight excluding hydrogens is 1290 g/mol. The van der Waals surface area contributed by atoms with Gasteiger partial charge in [0.1, 0.15) is 41.6 Å². The third-order valence-electron chi connectivity index (χ3n) is 16.5. The Bertz CT molecular complexity index is 2720. The predicted molar refractivity (Wildman–Crippen MR) is 382 cm³/mol. The van der Waals surface area contributed by atoms with Crippen LogP contribution in [0, 0.1) is 17.8 Å². The number of Topliss-reactive ketones (excluding diaryl/α,β-unsaturated/α-hetero) is 2. The first-order valence-corrected chi connectivity index (χ1v) is 34.7. The first-order valence-electron chi connectivity index (χ1n) is 34.7. The number of unbranched alkanes of at least 4 members (excludes halogenated alkanes) is 1. The molecule has 0 saturated carbocycles. The van der Waals surface area contributed by atoms with Crippen LogP contribution in [0.15, 0.2) is 157 Å². The van der Waals surface area contributed by atoms with E-state index in [0.29, 0.717) is 19.3 Å². The number of carbonyl (C=O) groups is 4. The van der Waals surface area contributed by atoms with Crippen molar-refractivity contribution < 1.29 is 110 Å². The van der Waals surface area contributed by atoms with Crippen molar-refractivity contribution in [1.29, 1.82) is 0 Å². The molecule has 0 aromatic heterocycles. The molecule has 100 heavy (non-hydrogen) atoms. The van der Waals surface area contributed by atoms with Gasteiger partial charge in [-0.05, 0) is 84.5 Å². The van der Waals surface area contributed by atoms with E-state index in [9.17, 15) is 95.8 Å². The highest BCUT2D eigenvalue weighted by Crippen LogP contribution is 2.27. The average Bonchev–Trinajstić information content (AvgIpc) is 0.972. The average molecular weight is 1410 g/mol. The summed E-state index contributed by atoms with van der Waals surface area (Å²) in [6.45, 7) is 10.4. The molecule has 1 aliphatic carbocycles. The van der Waals surface area contributed by atoms with E-state index >= 15 is 0 Å². The zero-order valence-corrected chi connectivity index (χ0v) is 58.9. The third-order valence-corrected chi connectivity index (χ3v) is 16.5. The Kier molecular flexibility index (Phi) is 49.4. The lowest BCUT2D eigenvalue weighted by atomic mass is 9.88. The number of nitrogens with one attached hydrogen (secondary N) is 2. The summed E-state index contributed by atoms with van der Waals surface area (Å²) in [5, 5.41) is 167. The van der Waals surface area contributed by atoms with E-state index in [1.165, 1.54) is 37.3 Å². The van der Waals surface area contributed by atoms with E-state index in [1.54, 1.807) is 44.2 Å². The quantitative estimate of drug-likeness (QED) is 0.0179. The highest BCUT2D eigenvalue weighted by Gasteiger charge is 2.44. The topological polar surface area (TPSA) is 461 Å². The number of aliphatic hydroxyl groups excluding tert-OH is 16. The van der Waals surface area contributed by atoms with Gasteiger partial charge >= 0.3 is 0 Å². The van der Waals surface area contributed by atoms with Crippen LogP contribution in [-0.2, 0) is 28.7 Å². The van der Waals surface area contributed by atoms with Gasteiger partial charge in [-0.15, -0.1) is 0 Å². The van der Waals surface area contributed by atoms with Gasteiger partial charge in [0.25, 0.3) is 0 Å². The molecule has 1 saturated heterocycles. The second-order valence-corrected chi connectivity index (χ2v) is 25.5. The molecule has 21 atom stereocenters. The summed E-state index contributed by atoms with van der Waals surface area (Å²) in [5.41, 5.74) is 5.39. The molecule has 1 aliphatic heterocycles. The fraction of sp³-hybridized carbons (Fsp3) is 0.600. The van der Waals surface area contributed by atoms with Crippen molar-refractivity contribution in [3.8, 4) is 0 Å². The van der Waals surface area contributed by atoms with Crippen molar-refractivity contribution in [3.05, 3.63) is 157 Å². The molecule has 0 spiro atoms. The molecule has 25 heteroatoms. The van der Waals surface area contributed by atoms with E-state index in [1.807, 2.05) is 106 Å². The second-order valence-electron chi connectivity index (χ2n) is 25.5. The van der Waals surface area contributed by atoms with Crippen LogP contribution < -0.4 is 16.4 Å². The van der Waals surface area contributed by atoms with Gasteiger partial charge in [-0.25, -0.2) is 0 Å². The third kappa shape index (κ3) is 41.2. The number of ketones is 2. The number of rotatable bonds is 48. The van der Waals surface area contributed by atoms with Crippen molar-refractivity contribution in [1.82, 2.24) is 10.6 Å².